The van der Waals surface area contributed by atoms with E-state index in [1.807, 2.05) is 43.3 Å². The van der Waals surface area contributed by atoms with E-state index in [4.69, 9.17) is 4.74 Å². The summed E-state index contributed by atoms with van der Waals surface area (Å²) in [6.45, 7) is 1.84. The highest BCUT2D eigenvalue weighted by atomic mass is 16.5. The van der Waals surface area contributed by atoms with Crippen molar-refractivity contribution in [1.29, 1.82) is 0 Å². The van der Waals surface area contributed by atoms with Crippen LogP contribution in [0, 0.1) is 6.92 Å². The number of anilines is 1. The van der Waals surface area contributed by atoms with Gasteiger partial charge in [-0.25, -0.2) is 9.78 Å². The van der Waals surface area contributed by atoms with Crippen LogP contribution in [0.2, 0.25) is 0 Å². The Kier molecular flexibility index (Phi) is 4.78. The van der Waals surface area contributed by atoms with Gasteiger partial charge in [-0.3, -0.25) is 4.79 Å². The topological polar surface area (TPSA) is 86.1 Å². The summed E-state index contributed by atoms with van der Waals surface area (Å²) < 4.78 is 6.30. The Balaban J connectivity index is 1.66. The average molecular weight is 386 g/mol. The van der Waals surface area contributed by atoms with E-state index in [1.165, 1.54) is 13.2 Å². The molecule has 0 fully saturated rings. The molecule has 7 nitrogen and oxygen atoms in total. The van der Waals surface area contributed by atoms with Gasteiger partial charge in [0.25, 0.3) is 5.91 Å². The molecule has 0 atom stereocenters. The van der Waals surface area contributed by atoms with Gasteiger partial charge in [0.2, 0.25) is 0 Å². The average Bonchev–Trinajstić information content (AvgIpc) is 3.12. The first-order valence-corrected chi connectivity index (χ1v) is 8.98. The molecule has 144 valence electrons. The maximum atomic E-state index is 12.8. The molecule has 4 rings (SSSR count). The fourth-order valence-corrected chi connectivity index (χ4v) is 3.03. The summed E-state index contributed by atoms with van der Waals surface area (Å²) >= 11 is 0. The van der Waals surface area contributed by atoms with Crippen LogP contribution in [0.5, 0.6) is 0 Å². The number of hydrogen-bond donors (Lipinski definition) is 1. The number of aryl methyl sites for hydroxylation is 1. The fourth-order valence-electron chi connectivity index (χ4n) is 3.03. The molecule has 1 amide bonds. The molecule has 7 heteroatoms. The molecule has 4 aromatic rings. The van der Waals surface area contributed by atoms with Crippen molar-refractivity contribution in [2.24, 2.45) is 0 Å². The molecular formula is C22H18N4O3. The first-order chi connectivity index (χ1) is 14.0. The number of para-hydroxylation sites is 1. The Hall–Kier alpha value is -4.00. The van der Waals surface area contributed by atoms with E-state index in [0.717, 1.165) is 16.6 Å². The van der Waals surface area contributed by atoms with Gasteiger partial charge in [0.05, 0.1) is 23.9 Å². The van der Waals surface area contributed by atoms with Crippen molar-refractivity contribution in [2.45, 2.75) is 6.92 Å². The minimum absolute atomic E-state index is 0.307. The van der Waals surface area contributed by atoms with Gasteiger partial charge < -0.3 is 10.1 Å². The summed E-state index contributed by atoms with van der Waals surface area (Å²) in [4.78, 5) is 29.1. The molecule has 0 spiro atoms. The van der Waals surface area contributed by atoms with E-state index in [0.29, 0.717) is 22.8 Å². The Bertz CT molecular complexity index is 1230. The first-order valence-electron chi connectivity index (χ1n) is 8.98. The minimum Gasteiger partial charge on any atom is -0.465 e. The number of rotatable bonds is 4. The van der Waals surface area contributed by atoms with Gasteiger partial charge in [-0.05, 0) is 43.3 Å². The second-order valence-electron chi connectivity index (χ2n) is 6.47. The van der Waals surface area contributed by atoms with Gasteiger partial charge in [-0.1, -0.05) is 24.3 Å². The third-order valence-electron chi connectivity index (χ3n) is 4.42. The lowest BCUT2D eigenvalue weighted by molar-refractivity contribution is 0.0600. The minimum atomic E-state index is -0.499. The molecule has 0 unspecified atom stereocenters. The highest BCUT2D eigenvalue weighted by molar-refractivity contribution is 6.05. The third kappa shape index (κ3) is 3.70. The number of esters is 1. The number of carbonyl (C=O) groups excluding carboxylic acids is 2. The number of benzene rings is 2. The molecule has 0 aliphatic heterocycles. The smallest absolute Gasteiger partial charge is 0.337 e. The maximum absolute atomic E-state index is 12.8. The van der Waals surface area contributed by atoms with Crippen LogP contribution in [-0.2, 0) is 4.74 Å². The highest BCUT2D eigenvalue weighted by Crippen LogP contribution is 2.20. The van der Waals surface area contributed by atoms with Gasteiger partial charge in [0, 0.05) is 17.0 Å². The van der Waals surface area contributed by atoms with Gasteiger partial charge >= 0.3 is 5.97 Å². The molecule has 0 bridgehead atoms. The van der Waals surface area contributed by atoms with E-state index in [2.05, 4.69) is 15.4 Å². The lowest BCUT2D eigenvalue weighted by Crippen LogP contribution is -2.16. The predicted octanol–water partition coefficient (Wildman–Crippen LogP) is 3.77. The molecule has 2 heterocycles. The van der Waals surface area contributed by atoms with Crippen LogP contribution >= 0.6 is 0 Å². The van der Waals surface area contributed by atoms with Gasteiger partial charge in [-0.2, -0.15) is 9.78 Å². The highest BCUT2D eigenvalue weighted by Gasteiger charge is 2.15. The van der Waals surface area contributed by atoms with Crippen LogP contribution in [-0.4, -0.2) is 33.8 Å². The van der Waals surface area contributed by atoms with Crippen LogP contribution in [0.3, 0.4) is 0 Å². The summed E-state index contributed by atoms with van der Waals surface area (Å²) in [6.07, 6.45) is 0. The monoisotopic (exact) mass is 386 g/mol. The van der Waals surface area contributed by atoms with Crippen molar-refractivity contribution in [3.63, 3.8) is 0 Å². The summed E-state index contributed by atoms with van der Waals surface area (Å²) in [5.74, 6) is 0.216. The van der Waals surface area contributed by atoms with Gasteiger partial charge in [0.1, 0.15) is 5.82 Å². The number of methoxy groups -OCH3 is 1. The zero-order chi connectivity index (χ0) is 20.4. The van der Waals surface area contributed by atoms with Crippen LogP contribution in [0.15, 0.2) is 66.7 Å². The molecule has 2 aromatic carbocycles. The van der Waals surface area contributed by atoms with Gasteiger partial charge in [0.15, 0.2) is 5.82 Å². The molecule has 2 aromatic heterocycles. The summed E-state index contributed by atoms with van der Waals surface area (Å²) in [6, 6.07) is 19.7. The van der Waals surface area contributed by atoms with Crippen LogP contribution in [0.25, 0.3) is 16.7 Å². The second kappa shape index (κ2) is 7.55. The lowest BCUT2D eigenvalue weighted by Gasteiger charge is -2.09. The molecule has 29 heavy (non-hydrogen) atoms. The number of amides is 1. The lowest BCUT2D eigenvalue weighted by atomic mass is 10.1. The summed E-state index contributed by atoms with van der Waals surface area (Å²) in [5.41, 5.74) is 2.21. The fraction of sp³-hybridized carbons (Fsp3) is 0.0909. The van der Waals surface area contributed by atoms with Crippen molar-refractivity contribution < 1.29 is 14.3 Å². The number of nitrogens with one attached hydrogen (secondary N) is 1. The Labute approximate surface area is 167 Å². The molecule has 0 radical (unpaired) electrons. The largest absolute Gasteiger partial charge is 0.465 e. The molecular weight excluding hydrogens is 368 g/mol. The molecule has 0 saturated carbocycles. The first kappa shape index (κ1) is 18.4. The molecule has 1 N–H and O–H groups in total. The van der Waals surface area contributed by atoms with Gasteiger partial charge in [-0.15, -0.1) is 0 Å². The number of nitrogens with zero attached hydrogens (tertiary/aromatic N) is 3. The number of hydrogen-bond acceptors (Lipinski definition) is 5. The van der Waals surface area contributed by atoms with E-state index in [-0.39, 0.29) is 5.91 Å². The Morgan fingerprint density at radius 1 is 0.966 bits per heavy atom. The van der Waals surface area contributed by atoms with E-state index >= 15 is 0 Å². The number of carbonyl (C=O) groups is 2. The van der Waals surface area contributed by atoms with Crippen molar-refractivity contribution in [3.8, 4) is 5.82 Å². The van der Waals surface area contributed by atoms with Crippen molar-refractivity contribution >= 4 is 28.6 Å². The number of fused-ring (bicyclic) bond motifs is 1. The van der Waals surface area contributed by atoms with Crippen molar-refractivity contribution in [2.75, 3.05) is 12.4 Å². The normalized spacial score (nSPS) is 10.7. The van der Waals surface area contributed by atoms with Crippen LogP contribution < -0.4 is 5.32 Å². The molecule has 0 aliphatic rings. The zero-order valence-corrected chi connectivity index (χ0v) is 15.9. The Morgan fingerprint density at radius 2 is 1.76 bits per heavy atom. The van der Waals surface area contributed by atoms with E-state index in [9.17, 15) is 9.59 Å². The molecule has 0 aliphatic carbocycles. The number of aromatic nitrogens is 3. The summed E-state index contributed by atoms with van der Waals surface area (Å²) in [5, 5.41) is 8.33. The van der Waals surface area contributed by atoms with E-state index < -0.39 is 5.97 Å². The summed E-state index contributed by atoms with van der Waals surface area (Å²) in [7, 11) is 1.30. The van der Waals surface area contributed by atoms with Crippen LogP contribution in [0.1, 0.15) is 26.4 Å². The quantitative estimate of drug-likeness (QED) is 0.540. The SMILES string of the molecule is COC(=O)c1cccc(C(=O)Nc2cc(C)nn2-c2ccc3ccccc3n2)c1. The predicted molar refractivity (Wildman–Crippen MR) is 109 cm³/mol. The number of ether oxygens (including phenoxy) is 1. The second-order valence-corrected chi connectivity index (χ2v) is 6.47. The van der Waals surface area contributed by atoms with Crippen LogP contribution in [0.4, 0.5) is 5.82 Å². The molecule has 0 saturated heterocycles. The third-order valence-corrected chi connectivity index (χ3v) is 4.42. The van der Waals surface area contributed by atoms with Crippen molar-refractivity contribution in [3.05, 3.63) is 83.6 Å². The standard InChI is InChI=1S/C22H18N4O3/c1-14-12-20(24-21(27)16-7-5-8-17(13-16)22(28)29-2)26(25-14)19-11-10-15-6-3-4-9-18(15)23-19/h3-13H,1-2H3,(H,24,27). The zero-order valence-electron chi connectivity index (χ0n) is 15.9. The maximum Gasteiger partial charge on any atom is 0.337 e. The van der Waals surface area contributed by atoms with E-state index in [1.54, 1.807) is 28.9 Å². The Morgan fingerprint density at radius 3 is 2.59 bits per heavy atom. The van der Waals surface area contributed by atoms with Crippen molar-refractivity contribution in [1.82, 2.24) is 14.8 Å². The number of pyridine rings is 1.